The number of anilines is 2. The maximum absolute atomic E-state index is 11.3. The summed E-state index contributed by atoms with van der Waals surface area (Å²) in [6.07, 6.45) is 1.70. The highest BCUT2D eigenvalue weighted by Crippen LogP contribution is 2.19. The van der Waals surface area contributed by atoms with E-state index >= 15 is 0 Å². The van der Waals surface area contributed by atoms with Crippen LogP contribution in [-0.2, 0) is 6.54 Å². The molecule has 1 aromatic heterocycles. The van der Waals surface area contributed by atoms with Gasteiger partial charge in [-0.25, -0.2) is 4.98 Å². The normalized spacial score (nSPS) is 10.1. The van der Waals surface area contributed by atoms with E-state index in [0.29, 0.717) is 12.1 Å². The van der Waals surface area contributed by atoms with Gasteiger partial charge >= 0.3 is 0 Å². The fourth-order valence-electron chi connectivity index (χ4n) is 1.67. The number of hydrogen-bond acceptors (Lipinski definition) is 4. The van der Waals surface area contributed by atoms with Crippen molar-refractivity contribution in [3.63, 3.8) is 0 Å². The predicted molar refractivity (Wildman–Crippen MR) is 71.9 cm³/mol. The van der Waals surface area contributed by atoms with Gasteiger partial charge in [0.05, 0.1) is 0 Å². The van der Waals surface area contributed by atoms with Gasteiger partial charge in [0.25, 0.3) is 0 Å². The molecule has 0 unspecified atom stereocenters. The first kappa shape index (κ1) is 12.3. The van der Waals surface area contributed by atoms with E-state index in [0.717, 1.165) is 17.1 Å². The summed E-state index contributed by atoms with van der Waals surface area (Å²) < 4.78 is 0. The number of nitrogens with two attached hydrogens (primary N) is 1. The van der Waals surface area contributed by atoms with Crippen LogP contribution in [0.2, 0.25) is 0 Å². The van der Waals surface area contributed by atoms with Gasteiger partial charge in [-0.3, -0.25) is 4.79 Å². The number of Topliss-reactive ketones (excluding diaryl/α,β-unsaturated/α-hetero) is 1. The van der Waals surface area contributed by atoms with E-state index in [1.165, 1.54) is 0 Å². The molecule has 0 atom stereocenters. The summed E-state index contributed by atoms with van der Waals surface area (Å²) in [5.41, 5.74) is 8.09. The number of ketones is 1. The second kappa shape index (κ2) is 5.42. The molecule has 1 heterocycles. The number of nitrogens with one attached hydrogen (secondary N) is 1. The van der Waals surface area contributed by atoms with Crippen LogP contribution in [0.5, 0.6) is 0 Å². The minimum atomic E-state index is 0.0405. The number of hydrogen-bond donors (Lipinski definition) is 2. The first-order valence-electron chi connectivity index (χ1n) is 5.72. The van der Waals surface area contributed by atoms with Gasteiger partial charge < -0.3 is 11.1 Å². The lowest BCUT2D eigenvalue weighted by Crippen LogP contribution is -2.04. The van der Waals surface area contributed by atoms with Crippen molar-refractivity contribution in [3.8, 4) is 0 Å². The maximum Gasteiger partial charge on any atom is 0.159 e. The van der Waals surface area contributed by atoms with E-state index in [2.05, 4.69) is 10.3 Å². The summed E-state index contributed by atoms with van der Waals surface area (Å²) in [5.74, 6) is 0.763. The highest BCUT2D eigenvalue weighted by atomic mass is 16.1. The lowest BCUT2D eigenvalue weighted by molar-refractivity contribution is 0.101. The summed E-state index contributed by atoms with van der Waals surface area (Å²) in [7, 11) is 0. The van der Waals surface area contributed by atoms with Crippen LogP contribution in [0.4, 0.5) is 11.5 Å². The zero-order valence-electron chi connectivity index (χ0n) is 10.2. The number of rotatable bonds is 4. The van der Waals surface area contributed by atoms with Gasteiger partial charge in [-0.1, -0.05) is 18.2 Å². The van der Waals surface area contributed by atoms with Crippen LogP contribution in [0.1, 0.15) is 22.8 Å². The molecular weight excluding hydrogens is 226 g/mol. The van der Waals surface area contributed by atoms with Crippen LogP contribution in [0.15, 0.2) is 42.6 Å². The summed E-state index contributed by atoms with van der Waals surface area (Å²) in [4.78, 5) is 15.6. The summed E-state index contributed by atoms with van der Waals surface area (Å²) in [5, 5.41) is 3.18. The van der Waals surface area contributed by atoms with Gasteiger partial charge in [0.15, 0.2) is 5.78 Å². The Bertz CT molecular complexity index is 566. The molecule has 0 aliphatic heterocycles. The Morgan fingerprint density at radius 3 is 2.89 bits per heavy atom. The Labute approximate surface area is 106 Å². The minimum absolute atomic E-state index is 0.0405. The van der Waals surface area contributed by atoms with Crippen molar-refractivity contribution in [2.45, 2.75) is 13.5 Å². The average Bonchev–Trinajstić information content (AvgIpc) is 2.39. The summed E-state index contributed by atoms with van der Waals surface area (Å²) in [6, 6.07) is 11.1. The second-order valence-corrected chi connectivity index (χ2v) is 3.98. The molecule has 0 spiro atoms. The van der Waals surface area contributed by atoms with Gasteiger partial charge in [-0.05, 0) is 25.1 Å². The molecule has 3 N–H and O–H groups in total. The van der Waals surface area contributed by atoms with Crippen molar-refractivity contribution in [3.05, 3.63) is 53.7 Å². The molecule has 0 aliphatic rings. The molecule has 4 heteroatoms. The van der Waals surface area contributed by atoms with Crippen LogP contribution in [0, 0.1) is 0 Å². The first-order chi connectivity index (χ1) is 8.70. The molecule has 18 heavy (non-hydrogen) atoms. The van der Waals surface area contributed by atoms with E-state index in [4.69, 9.17) is 5.73 Å². The monoisotopic (exact) mass is 241 g/mol. The van der Waals surface area contributed by atoms with Crippen LogP contribution in [0.3, 0.4) is 0 Å². The third kappa shape index (κ3) is 2.73. The molecule has 0 saturated heterocycles. The van der Waals surface area contributed by atoms with Crippen LogP contribution >= 0.6 is 0 Å². The molecule has 2 rings (SSSR count). The fraction of sp³-hybridized carbons (Fsp3) is 0.143. The SMILES string of the molecule is CC(=O)c1cccc(Nc2ncccc2CN)c1. The standard InChI is InChI=1S/C14H15N3O/c1-10(18)11-4-2-6-13(8-11)17-14-12(9-15)5-3-7-16-14/h2-8H,9,15H2,1H3,(H,16,17). The molecule has 92 valence electrons. The van der Waals surface area contributed by atoms with Crippen LogP contribution in [0.25, 0.3) is 0 Å². The molecule has 0 amide bonds. The third-order valence-corrected chi connectivity index (χ3v) is 2.64. The topological polar surface area (TPSA) is 68.0 Å². The molecule has 0 aliphatic carbocycles. The van der Waals surface area contributed by atoms with Gasteiger partial charge in [-0.15, -0.1) is 0 Å². The zero-order valence-corrected chi connectivity index (χ0v) is 10.2. The summed E-state index contributed by atoms with van der Waals surface area (Å²) in [6.45, 7) is 1.97. The molecule has 0 fully saturated rings. The lowest BCUT2D eigenvalue weighted by atomic mass is 10.1. The molecule has 2 aromatic rings. The zero-order chi connectivity index (χ0) is 13.0. The molecule has 0 saturated carbocycles. The van der Waals surface area contributed by atoms with Crippen molar-refractivity contribution in [2.24, 2.45) is 5.73 Å². The van der Waals surface area contributed by atoms with Crippen molar-refractivity contribution in [2.75, 3.05) is 5.32 Å². The quantitative estimate of drug-likeness (QED) is 0.807. The number of pyridine rings is 1. The highest BCUT2D eigenvalue weighted by Gasteiger charge is 2.04. The predicted octanol–water partition coefficient (Wildman–Crippen LogP) is 2.49. The number of aromatic nitrogens is 1. The van der Waals surface area contributed by atoms with Gasteiger partial charge in [0.1, 0.15) is 5.82 Å². The van der Waals surface area contributed by atoms with Crippen molar-refractivity contribution >= 4 is 17.3 Å². The minimum Gasteiger partial charge on any atom is -0.340 e. The Morgan fingerprint density at radius 1 is 1.33 bits per heavy atom. The van der Waals surface area contributed by atoms with Gasteiger partial charge in [0.2, 0.25) is 0 Å². The number of nitrogens with zero attached hydrogens (tertiary/aromatic N) is 1. The van der Waals surface area contributed by atoms with Crippen molar-refractivity contribution < 1.29 is 4.79 Å². The molecular formula is C14H15N3O. The average molecular weight is 241 g/mol. The first-order valence-corrected chi connectivity index (χ1v) is 5.72. The molecule has 1 aromatic carbocycles. The fourth-order valence-corrected chi connectivity index (χ4v) is 1.67. The smallest absolute Gasteiger partial charge is 0.159 e. The Balaban J connectivity index is 2.28. The van der Waals surface area contributed by atoms with Crippen LogP contribution in [-0.4, -0.2) is 10.8 Å². The largest absolute Gasteiger partial charge is 0.340 e. The Kier molecular flexibility index (Phi) is 3.69. The number of benzene rings is 1. The van der Waals surface area contributed by atoms with Crippen LogP contribution < -0.4 is 11.1 Å². The third-order valence-electron chi connectivity index (χ3n) is 2.64. The molecule has 0 bridgehead atoms. The van der Waals surface area contributed by atoms with Gasteiger partial charge in [-0.2, -0.15) is 0 Å². The van der Waals surface area contributed by atoms with E-state index < -0.39 is 0 Å². The number of carbonyl (C=O) groups is 1. The Morgan fingerprint density at radius 2 is 2.17 bits per heavy atom. The maximum atomic E-state index is 11.3. The second-order valence-electron chi connectivity index (χ2n) is 3.98. The van der Waals surface area contributed by atoms with E-state index in [1.807, 2.05) is 24.3 Å². The lowest BCUT2D eigenvalue weighted by Gasteiger charge is -2.10. The van der Waals surface area contributed by atoms with E-state index in [1.54, 1.807) is 25.3 Å². The van der Waals surface area contributed by atoms with E-state index in [-0.39, 0.29) is 5.78 Å². The van der Waals surface area contributed by atoms with Crippen molar-refractivity contribution in [1.29, 1.82) is 0 Å². The number of carbonyl (C=O) groups excluding carboxylic acids is 1. The highest BCUT2D eigenvalue weighted by molar-refractivity contribution is 5.95. The van der Waals surface area contributed by atoms with E-state index in [9.17, 15) is 4.79 Å². The Hall–Kier alpha value is -2.20. The summed E-state index contributed by atoms with van der Waals surface area (Å²) >= 11 is 0. The van der Waals surface area contributed by atoms with Gasteiger partial charge in [0, 0.05) is 29.6 Å². The molecule has 4 nitrogen and oxygen atoms in total. The van der Waals surface area contributed by atoms with Crippen molar-refractivity contribution in [1.82, 2.24) is 4.98 Å². The molecule has 0 radical (unpaired) electrons.